The summed E-state index contributed by atoms with van der Waals surface area (Å²) in [6.07, 6.45) is 8.52. The maximum absolute atomic E-state index is 12.4. The first-order valence-electron chi connectivity index (χ1n) is 10.3. The lowest BCUT2D eigenvalue weighted by Crippen LogP contribution is -2.51. The number of aliphatic hydroxyl groups is 1. The minimum Gasteiger partial charge on any atom is -0.481 e. The number of ketones is 1. The predicted octanol–water partition coefficient (Wildman–Crippen LogP) is 3.83. The molecule has 0 radical (unpaired) electrons. The minimum atomic E-state index is -0.795. The molecule has 0 aromatic rings. The predicted molar refractivity (Wildman–Crippen MR) is 98.4 cm³/mol. The molecule has 26 heavy (non-hydrogen) atoms. The summed E-state index contributed by atoms with van der Waals surface area (Å²) in [7, 11) is 0. The molecule has 0 aliphatic heterocycles. The van der Waals surface area contributed by atoms with Gasteiger partial charge in [0.25, 0.3) is 0 Å². The molecular weight excluding hydrogens is 328 g/mol. The Hall–Kier alpha value is -1.16. The molecule has 0 heterocycles. The molecule has 0 spiro atoms. The van der Waals surface area contributed by atoms with Crippen molar-refractivity contribution in [2.45, 2.75) is 71.8 Å². The van der Waals surface area contributed by atoms with E-state index in [1.807, 2.05) is 0 Å². The van der Waals surface area contributed by atoms with Gasteiger partial charge in [-0.15, -0.1) is 0 Å². The smallest absolute Gasteiger partial charge is 0.307 e. The fourth-order valence-electron chi connectivity index (χ4n) is 7.68. The number of aliphatic hydroxyl groups excluding tert-OH is 1. The second kappa shape index (κ2) is 5.92. The van der Waals surface area contributed by atoms with Crippen molar-refractivity contribution in [1.29, 1.82) is 0 Å². The third-order valence-electron chi connectivity index (χ3n) is 8.89. The van der Waals surface area contributed by atoms with Crippen LogP contribution in [0.1, 0.15) is 65.7 Å². The Kier molecular flexibility index (Phi) is 4.15. The molecule has 4 nitrogen and oxygen atoms in total. The van der Waals surface area contributed by atoms with Crippen LogP contribution in [0.25, 0.3) is 0 Å². The van der Waals surface area contributed by atoms with E-state index >= 15 is 0 Å². The monoisotopic (exact) mass is 360 g/mol. The van der Waals surface area contributed by atoms with Crippen LogP contribution < -0.4 is 0 Å². The van der Waals surface area contributed by atoms with Gasteiger partial charge in [0, 0.05) is 5.92 Å². The van der Waals surface area contributed by atoms with Crippen molar-refractivity contribution >= 4 is 11.8 Å². The maximum Gasteiger partial charge on any atom is 0.307 e. The van der Waals surface area contributed by atoms with Crippen molar-refractivity contribution in [3.63, 3.8) is 0 Å². The molecule has 0 saturated heterocycles. The molecule has 8 atom stereocenters. The van der Waals surface area contributed by atoms with Crippen LogP contribution >= 0.6 is 0 Å². The number of carbonyl (C=O) groups is 2. The number of hydrogen-bond acceptors (Lipinski definition) is 3. The molecule has 0 amide bonds. The van der Waals surface area contributed by atoms with Crippen molar-refractivity contribution in [1.82, 2.24) is 0 Å². The van der Waals surface area contributed by atoms with Crippen LogP contribution in [0, 0.1) is 40.4 Å². The Morgan fingerprint density at radius 2 is 1.88 bits per heavy atom. The van der Waals surface area contributed by atoms with Crippen LogP contribution in [0.3, 0.4) is 0 Å². The summed E-state index contributed by atoms with van der Waals surface area (Å²) in [5, 5.41) is 19.9. The van der Waals surface area contributed by atoms with Gasteiger partial charge in [0.05, 0.1) is 12.0 Å². The van der Waals surface area contributed by atoms with Gasteiger partial charge in [0.15, 0.2) is 0 Å². The van der Waals surface area contributed by atoms with Crippen molar-refractivity contribution in [2.24, 2.45) is 40.4 Å². The van der Waals surface area contributed by atoms with E-state index in [2.05, 4.69) is 19.9 Å². The van der Waals surface area contributed by atoms with Gasteiger partial charge in [-0.05, 0) is 80.5 Å². The van der Waals surface area contributed by atoms with Crippen LogP contribution in [0.2, 0.25) is 0 Å². The van der Waals surface area contributed by atoms with Gasteiger partial charge in [-0.3, -0.25) is 9.59 Å². The lowest BCUT2D eigenvalue weighted by Gasteiger charge is -2.57. The first kappa shape index (κ1) is 18.2. The Labute approximate surface area is 156 Å². The fraction of sp³-hybridized carbons (Fsp3) is 0.818. The van der Waals surface area contributed by atoms with E-state index in [1.54, 1.807) is 6.92 Å². The highest BCUT2D eigenvalue weighted by atomic mass is 16.4. The lowest BCUT2D eigenvalue weighted by molar-refractivity contribution is -0.147. The summed E-state index contributed by atoms with van der Waals surface area (Å²) in [5.74, 6) is -0.240. The van der Waals surface area contributed by atoms with Gasteiger partial charge in [0.1, 0.15) is 5.78 Å². The number of fused-ring (bicyclic) bond motifs is 5. The highest BCUT2D eigenvalue weighted by Crippen LogP contribution is 2.67. The van der Waals surface area contributed by atoms with Crippen molar-refractivity contribution in [3.05, 3.63) is 11.6 Å². The van der Waals surface area contributed by atoms with Gasteiger partial charge < -0.3 is 10.2 Å². The Balaban J connectivity index is 1.70. The molecule has 2 N–H and O–H groups in total. The van der Waals surface area contributed by atoms with E-state index < -0.39 is 11.9 Å². The summed E-state index contributed by atoms with van der Waals surface area (Å²) in [5.41, 5.74) is 1.40. The average molecular weight is 360 g/mol. The zero-order chi connectivity index (χ0) is 18.9. The third kappa shape index (κ3) is 2.37. The highest BCUT2D eigenvalue weighted by molar-refractivity contribution is 5.86. The number of Topliss-reactive ketones (excluding diaryl/α,β-unsaturated/α-hetero) is 1. The van der Waals surface area contributed by atoms with Gasteiger partial charge in [-0.1, -0.05) is 25.5 Å². The van der Waals surface area contributed by atoms with Gasteiger partial charge in [-0.2, -0.15) is 0 Å². The zero-order valence-electron chi connectivity index (χ0n) is 16.2. The first-order chi connectivity index (χ1) is 12.2. The minimum absolute atomic E-state index is 0.0555. The quantitative estimate of drug-likeness (QED) is 0.734. The normalized spacial score (nSPS) is 50.2. The summed E-state index contributed by atoms with van der Waals surface area (Å²) in [4.78, 5) is 24.3. The molecule has 1 unspecified atom stereocenters. The van der Waals surface area contributed by atoms with Gasteiger partial charge in [0.2, 0.25) is 0 Å². The standard InChI is InChI=1S/C22H32O4/c1-12(23)19-16(20(25)26)11-18-15-5-4-13-10-14(24)6-8-21(13,2)17(15)7-9-22(18,19)3/h4,14-19,24H,5-11H2,1-3H3,(H,25,26)/t14-,15+,16?,17-,18-,19-,21-,22-/m0/s1. The molecule has 144 valence electrons. The van der Waals surface area contributed by atoms with Crippen LogP contribution in [-0.4, -0.2) is 28.1 Å². The number of aliphatic carboxylic acids is 1. The molecule has 0 aromatic carbocycles. The molecule has 0 aromatic heterocycles. The molecule has 4 rings (SSSR count). The van der Waals surface area contributed by atoms with Crippen LogP contribution in [-0.2, 0) is 9.59 Å². The van der Waals surface area contributed by atoms with E-state index in [9.17, 15) is 19.8 Å². The molecule has 4 aliphatic rings. The largest absolute Gasteiger partial charge is 0.481 e. The summed E-state index contributed by atoms with van der Waals surface area (Å²) in [6.45, 7) is 6.15. The fourth-order valence-corrected chi connectivity index (χ4v) is 7.68. The summed E-state index contributed by atoms with van der Waals surface area (Å²) in [6, 6.07) is 0. The SMILES string of the molecule is CC(=O)[C@H]1C(C(=O)O)C[C@H]2[C@@H]3CC=C4C[C@@H](O)CC[C@]4(C)[C@H]3CC[C@]12C. The second-order valence-corrected chi connectivity index (χ2v) is 9.97. The third-order valence-corrected chi connectivity index (χ3v) is 8.89. The average Bonchev–Trinajstić information content (AvgIpc) is 2.89. The van der Waals surface area contributed by atoms with Crippen LogP contribution in [0.5, 0.6) is 0 Å². The Morgan fingerprint density at radius 3 is 2.54 bits per heavy atom. The van der Waals surface area contributed by atoms with E-state index in [-0.39, 0.29) is 28.6 Å². The Morgan fingerprint density at radius 1 is 1.15 bits per heavy atom. The summed E-state index contributed by atoms with van der Waals surface area (Å²) < 4.78 is 0. The Bertz CT molecular complexity index is 667. The molecular formula is C22H32O4. The van der Waals surface area contributed by atoms with E-state index in [0.717, 1.165) is 38.5 Å². The number of carboxylic acid groups (broad SMARTS) is 1. The van der Waals surface area contributed by atoms with Crippen LogP contribution in [0.4, 0.5) is 0 Å². The highest BCUT2D eigenvalue weighted by Gasteiger charge is 2.63. The number of carbonyl (C=O) groups excluding carboxylic acids is 1. The number of rotatable bonds is 2. The van der Waals surface area contributed by atoms with E-state index in [4.69, 9.17) is 0 Å². The lowest BCUT2D eigenvalue weighted by atomic mass is 9.47. The molecule has 3 saturated carbocycles. The summed E-state index contributed by atoms with van der Waals surface area (Å²) >= 11 is 0. The van der Waals surface area contributed by atoms with Gasteiger partial charge in [-0.25, -0.2) is 0 Å². The first-order valence-corrected chi connectivity index (χ1v) is 10.3. The second-order valence-electron chi connectivity index (χ2n) is 9.97. The number of carboxylic acids is 1. The molecule has 4 aliphatic carbocycles. The van der Waals surface area contributed by atoms with Crippen molar-refractivity contribution in [2.75, 3.05) is 0 Å². The van der Waals surface area contributed by atoms with Gasteiger partial charge >= 0.3 is 5.97 Å². The van der Waals surface area contributed by atoms with E-state index in [0.29, 0.717) is 24.2 Å². The van der Waals surface area contributed by atoms with E-state index in [1.165, 1.54) is 5.57 Å². The van der Waals surface area contributed by atoms with Crippen LogP contribution in [0.15, 0.2) is 11.6 Å². The molecule has 3 fully saturated rings. The zero-order valence-corrected chi connectivity index (χ0v) is 16.2. The number of hydrogen-bond donors (Lipinski definition) is 2. The van der Waals surface area contributed by atoms with Crippen molar-refractivity contribution < 1.29 is 19.8 Å². The molecule has 0 bridgehead atoms. The number of allylic oxidation sites excluding steroid dienone is 1. The molecule has 4 heteroatoms. The maximum atomic E-state index is 12.4. The topological polar surface area (TPSA) is 74.6 Å². The van der Waals surface area contributed by atoms with Crippen molar-refractivity contribution in [3.8, 4) is 0 Å².